The van der Waals surface area contributed by atoms with Crippen LogP contribution in [-0.4, -0.2) is 53.9 Å². The van der Waals surface area contributed by atoms with Crippen molar-refractivity contribution in [2.45, 2.75) is 51.7 Å². The molecule has 0 bridgehead atoms. The molecule has 1 amide bonds. The molecule has 0 heterocycles. The summed E-state index contributed by atoms with van der Waals surface area (Å²) in [7, 11) is 3.42. The Balaban J connectivity index is 1.91. The largest absolute Gasteiger partial charge is 0.491 e. The van der Waals surface area contributed by atoms with E-state index in [2.05, 4.69) is 11.8 Å². The van der Waals surface area contributed by atoms with Gasteiger partial charge >= 0.3 is 0 Å². The van der Waals surface area contributed by atoms with Gasteiger partial charge in [0.25, 0.3) is 5.91 Å². The minimum absolute atomic E-state index is 0.0581. The van der Waals surface area contributed by atoms with Crippen LogP contribution in [0, 0.1) is 35.5 Å². The number of likely N-dealkylation sites (N-methyl/N-ethyl adjacent to an activating group) is 1. The van der Waals surface area contributed by atoms with Gasteiger partial charge in [-0.2, -0.15) is 0 Å². The summed E-state index contributed by atoms with van der Waals surface area (Å²) >= 11 is 0. The Labute approximate surface area is 163 Å². The molecule has 0 aromatic rings. The van der Waals surface area contributed by atoms with E-state index in [9.17, 15) is 15.0 Å². The maximum Gasteiger partial charge on any atom is 0.259 e. The highest BCUT2D eigenvalue weighted by Gasteiger charge is 2.45. The molecule has 2 aliphatic rings. The Morgan fingerprint density at radius 1 is 1.41 bits per heavy atom. The molecule has 5 nitrogen and oxygen atoms in total. The van der Waals surface area contributed by atoms with Crippen LogP contribution in [0.3, 0.4) is 0 Å². The Bertz CT molecular complexity index is 628. The van der Waals surface area contributed by atoms with E-state index in [0.717, 1.165) is 19.3 Å². The van der Waals surface area contributed by atoms with Crippen LogP contribution in [0.15, 0.2) is 24.0 Å². The van der Waals surface area contributed by atoms with E-state index in [1.807, 2.05) is 19.1 Å². The third kappa shape index (κ3) is 5.85. The first kappa shape index (κ1) is 21.5. The molecule has 6 atom stereocenters. The van der Waals surface area contributed by atoms with Crippen molar-refractivity contribution < 1.29 is 19.7 Å². The topological polar surface area (TPSA) is 70.0 Å². The van der Waals surface area contributed by atoms with Crippen LogP contribution < -0.4 is 0 Å². The van der Waals surface area contributed by atoms with E-state index in [1.165, 1.54) is 10.5 Å². The summed E-state index contributed by atoms with van der Waals surface area (Å²) < 4.78 is 5.45. The van der Waals surface area contributed by atoms with Crippen LogP contribution >= 0.6 is 0 Å². The van der Waals surface area contributed by atoms with Crippen molar-refractivity contribution in [2.24, 2.45) is 23.7 Å². The lowest BCUT2D eigenvalue weighted by Crippen LogP contribution is -2.25. The molecule has 2 saturated carbocycles. The van der Waals surface area contributed by atoms with Gasteiger partial charge in [0.1, 0.15) is 0 Å². The molecular weight excluding hydrogens is 342 g/mol. The summed E-state index contributed by atoms with van der Waals surface area (Å²) in [4.78, 5) is 13.1. The van der Waals surface area contributed by atoms with Crippen molar-refractivity contribution in [2.75, 3.05) is 20.7 Å². The highest BCUT2D eigenvalue weighted by molar-refractivity contribution is 5.76. The highest BCUT2D eigenvalue weighted by Crippen LogP contribution is 2.50. The van der Waals surface area contributed by atoms with Gasteiger partial charge < -0.3 is 19.8 Å². The highest BCUT2D eigenvalue weighted by atomic mass is 16.5. The summed E-state index contributed by atoms with van der Waals surface area (Å²) in [5.41, 5.74) is 1.20. The van der Waals surface area contributed by atoms with E-state index >= 15 is 0 Å². The maximum atomic E-state index is 11.6. The second-order valence-electron chi connectivity index (χ2n) is 8.07. The molecule has 27 heavy (non-hydrogen) atoms. The van der Waals surface area contributed by atoms with Crippen LogP contribution in [0.2, 0.25) is 0 Å². The van der Waals surface area contributed by atoms with Gasteiger partial charge in [-0.3, -0.25) is 4.79 Å². The number of ether oxygens (including phenoxy) is 1. The number of nitrogens with zero attached hydrogens (tertiary/aromatic N) is 1. The number of aliphatic hydroxyl groups is 2. The number of hydrogen-bond acceptors (Lipinski definition) is 4. The van der Waals surface area contributed by atoms with Crippen molar-refractivity contribution in [3.8, 4) is 11.8 Å². The lowest BCUT2D eigenvalue weighted by molar-refractivity contribution is -0.131. The number of allylic oxidation sites excluding steroid dienone is 1. The monoisotopic (exact) mass is 375 g/mol. The fourth-order valence-electron chi connectivity index (χ4n) is 4.04. The Hall–Kier alpha value is -1.77. The minimum atomic E-state index is -0.547. The summed E-state index contributed by atoms with van der Waals surface area (Å²) in [6.45, 7) is 3.84. The molecule has 2 fully saturated rings. The van der Waals surface area contributed by atoms with Crippen molar-refractivity contribution in [1.82, 2.24) is 4.90 Å². The average Bonchev–Trinajstić information content (AvgIpc) is 3.13. The number of amides is 1. The van der Waals surface area contributed by atoms with Crippen LogP contribution in [0.4, 0.5) is 0 Å². The predicted molar refractivity (Wildman–Crippen MR) is 105 cm³/mol. The molecule has 0 radical (unpaired) electrons. The van der Waals surface area contributed by atoms with Crippen molar-refractivity contribution in [1.29, 1.82) is 0 Å². The number of hydrogen-bond donors (Lipinski definition) is 2. The first-order chi connectivity index (χ1) is 12.8. The van der Waals surface area contributed by atoms with Gasteiger partial charge in [0, 0.05) is 26.4 Å². The molecule has 0 aromatic heterocycles. The second-order valence-corrected chi connectivity index (χ2v) is 8.07. The van der Waals surface area contributed by atoms with Crippen molar-refractivity contribution in [3.63, 3.8) is 0 Å². The summed E-state index contributed by atoms with van der Waals surface area (Å²) in [5, 5.41) is 20.7. The number of carbonyl (C=O) groups excluding carboxylic acids is 1. The molecule has 0 saturated heterocycles. The number of carbonyl (C=O) groups is 1. The zero-order valence-corrected chi connectivity index (χ0v) is 16.9. The molecule has 2 aliphatic carbocycles. The third-order valence-electron chi connectivity index (χ3n) is 5.78. The van der Waals surface area contributed by atoms with Crippen LogP contribution in [-0.2, 0) is 9.53 Å². The Kier molecular flexibility index (Phi) is 7.94. The molecular formula is C22H33NO4. The summed E-state index contributed by atoms with van der Waals surface area (Å²) in [5.74, 6) is 6.74. The minimum Gasteiger partial charge on any atom is -0.491 e. The van der Waals surface area contributed by atoms with Crippen LogP contribution in [0.1, 0.15) is 39.5 Å². The Morgan fingerprint density at radius 2 is 2.15 bits per heavy atom. The van der Waals surface area contributed by atoms with Crippen LogP contribution in [0.25, 0.3) is 0 Å². The zero-order chi connectivity index (χ0) is 20.0. The van der Waals surface area contributed by atoms with E-state index in [4.69, 9.17) is 4.74 Å². The normalized spacial score (nSPS) is 30.7. The standard InChI is InChI=1S/C22H33NO4/c1-5-6-7-15(2)20(24)9-8-18-19-11-16(10-17(19)12-21(18)25)13-27-14-22(26)23(3)4/h8-9,13,15,17-21,24-25H,7,10-12,14H2,1-4H3/b9-8+,16-13?/t15-,17+,18-,19+,20+,21-/m1/s1. The molecule has 0 spiro atoms. The first-order valence-corrected chi connectivity index (χ1v) is 9.77. The summed E-state index contributed by atoms with van der Waals surface area (Å²) in [6.07, 6.45) is 7.88. The molecule has 0 unspecified atom stereocenters. The van der Waals surface area contributed by atoms with Gasteiger partial charge in [-0.25, -0.2) is 0 Å². The van der Waals surface area contributed by atoms with Crippen molar-refractivity contribution >= 4 is 5.91 Å². The van der Waals surface area contributed by atoms with Gasteiger partial charge in [0.15, 0.2) is 6.61 Å². The van der Waals surface area contributed by atoms with E-state index in [1.54, 1.807) is 27.3 Å². The fourth-order valence-corrected chi connectivity index (χ4v) is 4.04. The van der Waals surface area contributed by atoms with Crippen LogP contribution in [0.5, 0.6) is 0 Å². The van der Waals surface area contributed by atoms with Gasteiger partial charge in [0.05, 0.1) is 18.5 Å². The fraction of sp³-hybridized carbons (Fsp3) is 0.682. The number of fused-ring (bicyclic) bond motifs is 1. The predicted octanol–water partition coefficient (Wildman–Crippen LogP) is 2.35. The van der Waals surface area contributed by atoms with E-state index < -0.39 is 6.10 Å². The third-order valence-corrected chi connectivity index (χ3v) is 5.78. The van der Waals surface area contributed by atoms with Crippen molar-refractivity contribution in [3.05, 3.63) is 24.0 Å². The first-order valence-electron chi connectivity index (χ1n) is 9.77. The van der Waals surface area contributed by atoms with Gasteiger partial charge in [-0.15, -0.1) is 11.8 Å². The average molecular weight is 376 g/mol. The zero-order valence-electron chi connectivity index (χ0n) is 16.9. The molecule has 5 heteroatoms. The van der Waals surface area contributed by atoms with E-state index in [0.29, 0.717) is 18.3 Å². The molecule has 150 valence electrons. The summed E-state index contributed by atoms with van der Waals surface area (Å²) in [6, 6.07) is 0. The lowest BCUT2D eigenvalue weighted by atomic mass is 9.89. The number of rotatable bonds is 7. The molecule has 0 aromatic carbocycles. The quantitative estimate of drug-likeness (QED) is 0.407. The molecule has 0 aliphatic heterocycles. The molecule has 2 rings (SSSR count). The maximum absolute atomic E-state index is 11.6. The smallest absolute Gasteiger partial charge is 0.259 e. The van der Waals surface area contributed by atoms with Gasteiger partial charge in [-0.05, 0) is 49.5 Å². The van der Waals surface area contributed by atoms with Gasteiger partial charge in [-0.1, -0.05) is 19.1 Å². The Morgan fingerprint density at radius 3 is 2.81 bits per heavy atom. The lowest BCUT2D eigenvalue weighted by Gasteiger charge is -2.19. The van der Waals surface area contributed by atoms with E-state index in [-0.39, 0.29) is 30.5 Å². The van der Waals surface area contributed by atoms with Gasteiger partial charge in [0.2, 0.25) is 0 Å². The second kappa shape index (κ2) is 9.96. The number of aliphatic hydroxyl groups excluding tert-OH is 2. The molecule has 2 N–H and O–H groups in total. The SMILES string of the molecule is CC#CC[C@@H](C)[C@@H](O)/C=C/[C@@H]1[C@H]2CC(=COCC(=O)N(C)C)C[C@H]2C[C@H]1O.